The van der Waals surface area contributed by atoms with Gasteiger partial charge in [0, 0.05) is 18.8 Å². The lowest BCUT2D eigenvalue weighted by molar-refractivity contribution is -0.119. The van der Waals surface area contributed by atoms with Crippen molar-refractivity contribution in [3.8, 4) is 5.69 Å². The molecule has 0 aliphatic carbocycles. The first kappa shape index (κ1) is 24.7. The number of aromatic nitrogens is 5. The molecule has 0 spiro atoms. The van der Waals surface area contributed by atoms with E-state index < -0.39 is 0 Å². The number of rotatable bonds is 10. The number of nitrogens with zero attached hydrogens (tertiary/aromatic N) is 5. The van der Waals surface area contributed by atoms with Crippen LogP contribution < -0.4 is 10.6 Å². The predicted molar refractivity (Wildman–Crippen MR) is 141 cm³/mol. The molecule has 1 fully saturated rings. The first-order valence-corrected chi connectivity index (χ1v) is 14.1. The van der Waals surface area contributed by atoms with Gasteiger partial charge in [-0.25, -0.2) is 4.98 Å². The Kier molecular flexibility index (Phi) is 8.11. The third kappa shape index (κ3) is 6.40. The van der Waals surface area contributed by atoms with Crippen molar-refractivity contribution in [2.75, 3.05) is 30.0 Å². The zero-order chi connectivity index (χ0) is 24.7. The summed E-state index contributed by atoms with van der Waals surface area (Å²) in [6.07, 6.45) is 2.18. The molecule has 36 heavy (non-hydrogen) atoms. The number of ether oxygens (including phenoxy) is 1. The molecule has 13 heteroatoms. The molecule has 0 saturated carbocycles. The highest BCUT2D eigenvalue weighted by atomic mass is 32.2. The number of anilines is 1. The van der Waals surface area contributed by atoms with Gasteiger partial charge < -0.3 is 15.4 Å². The van der Waals surface area contributed by atoms with E-state index in [0.29, 0.717) is 23.1 Å². The molecule has 0 bridgehead atoms. The zero-order valence-electron chi connectivity index (χ0n) is 19.1. The molecule has 10 nitrogen and oxygen atoms in total. The number of para-hydroxylation sites is 1. The van der Waals surface area contributed by atoms with Crippen molar-refractivity contribution in [2.24, 2.45) is 0 Å². The smallest absolute Gasteiger partial charge is 0.234 e. The van der Waals surface area contributed by atoms with Gasteiger partial charge in [0.25, 0.3) is 0 Å². The lowest BCUT2D eigenvalue weighted by Gasteiger charge is -2.09. The second kappa shape index (κ2) is 11.8. The Hall–Kier alpha value is -3.00. The molecule has 1 aliphatic rings. The number of tetrazole rings is 1. The van der Waals surface area contributed by atoms with Crippen LogP contribution in [0.4, 0.5) is 5.69 Å². The van der Waals surface area contributed by atoms with Crippen molar-refractivity contribution >= 4 is 62.6 Å². The van der Waals surface area contributed by atoms with Crippen LogP contribution in [0.1, 0.15) is 12.8 Å². The summed E-state index contributed by atoms with van der Waals surface area (Å²) in [7, 11) is 0. The standard InChI is InChI=1S/C23H23N7O3S3/c31-20(24-12-17-7-4-10-33-17)13-35-23-26-18-9-8-15(11-19(18)36-23)25-21(32)14-34-22-27-28-29-30(22)16-5-2-1-3-6-16/h1-3,5-6,8-9,11,17H,4,7,10,12-14H2,(H,24,31)(H,25,32)/t17-/m0/s1. The number of thioether (sulfide) groups is 2. The van der Waals surface area contributed by atoms with Crippen molar-refractivity contribution in [3.05, 3.63) is 48.5 Å². The Balaban J connectivity index is 1.12. The fraction of sp³-hybridized carbons (Fsp3) is 0.304. The van der Waals surface area contributed by atoms with Gasteiger partial charge in [-0.2, -0.15) is 4.68 Å². The van der Waals surface area contributed by atoms with E-state index in [2.05, 4.69) is 31.1 Å². The van der Waals surface area contributed by atoms with Gasteiger partial charge in [-0.3, -0.25) is 9.59 Å². The molecule has 2 aromatic carbocycles. The van der Waals surface area contributed by atoms with Gasteiger partial charge in [0.1, 0.15) is 0 Å². The fourth-order valence-corrected chi connectivity index (χ4v) is 6.21. The van der Waals surface area contributed by atoms with Crippen LogP contribution in [-0.4, -0.2) is 67.8 Å². The molecule has 1 atom stereocenters. The van der Waals surface area contributed by atoms with E-state index in [-0.39, 0.29) is 23.7 Å². The number of hydrogen-bond acceptors (Lipinski definition) is 10. The van der Waals surface area contributed by atoms with Gasteiger partial charge in [-0.1, -0.05) is 41.7 Å². The highest BCUT2D eigenvalue weighted by Crippen LogP contribution is 2.31. The Morgan fingerprint density at radius 3 is 2.81 bits per heavy atom. The van der Waals surface area contributed by atoms with Crippen molar-refractivity contribution in [2.45, 2.75) is 28.4 Å². The van der Waals surface area contributed by atoms with Gasteiger partial charge in [0.05, 0.1) is 33.5 Å². The van der Waals surface area contributed by atoms with Crippen LogP contribution >= 0.6 is 34.9 Å². The molecular weight excluding hydrogens is 519 g/mol. The number of carbonyl (C=O) groups is 2. The second-order valence-electron chi connectivity index (χ2n) is 7.94. The predicted octanol–water partition coefficient (Wildman–Crippen LogP) is 3.39. The minimum absolute atomic E-state index is 0.0292. The number of amides is 2. The van der Waals surface area contributed by atoms with Crippen LogP contribution in [0.25, 0.3) is 15.9 Å². The van der Waals surface area contributed by atoms with E-state index in [0.717, 1.165) is 39.7 Å². The monoisotopic (exact) mass is 541 g/mol. The van der Waals surface area contributed by atoms with E-state index in [9.17, 15) is 9.59 Å². The molecule has 186 valence electrons. The van der Waals surface area contributed by atoms with Crippen LogP contribution in [0.5, 0.6) is 0 Å². The van der Waals surface area contributed by atoms with Gasteiger partial charge in [-0.05, 0) is 53.6 Å². The Bertz CT molecular complexity index is 1340. The van der Waals surface area contributed by atoms with Gasteiger partial charge >= 0.3 is 0 Å². The molecule has 0 radical (unpaired) electrons. The summed E-state index contributed by atoms with van der Waals surface area (Å²) < 4.78 is 8.88. The minimum Gasteiger partial charge on any atom is -0.376 e. The van der Waals surface area contributed by atoms with Crippen molar-refractivity contribution in [1.29, 1.82) is 0 Å². The molecule has 1 saturated heterocycles. The highest BCUT2D eigenvalue weighted by Gasteiger charge is 2.17. The largest absolute Gasteiger partial charge is 0.376 e. The van der Waals surface area contributed by atoms with E-state index >= 15 is 0 Å². The van der Waals surface area contributed by atoms with Crippen LogP contribution in [0, 0.1) is 0 Å². The third-order valence-corrected chi connectivity index (χ3v) is 8.38. The summed E-state index contributed by atoms with van der Waals surface area (Å²) in [6.45, 7) is 1.33. The summed E-state index contributed by atoms with van der Waals surface area (Å²) in [5.74, 6) is 0.272. The van der Waals surface area contributed by atoms with Gasteiger partial charge in [0.15, 0.2) is 4.34 Å². The lowest BCUT2D eigenvalue weighted by Crippen LogP contribution is -2.32. The van der Waals surface area contributed by atoms with Crippen molar-refractivity contribution < 1.29 is 14.3 Å². The summed E-state index contributed by atoms with van der Waals surface area (Å²) in [4.78, 5) is 29.3. The highest BCUT2D eigenvalue weighted by molar-refractivity contribution is 8.01. The lowest BCUT2D eigenvalue weighted by atomic mass is 10.2. The topological polar surface area (TPSA) is 124 Å². The maximum Gasteiger partial charge on any atom is 0.234 e. The normalized spacial score (nSPS) is 15.3. The molecule has 0 unspecified atom stereocenters. The Morgan fingerprint density at radius 1 is 1.11 bits per heavy atom. The summed E-state index contributed by atoms with van der Waals surface area (Å²) >= 11 is 4.16. The summed E-state index contributed by atoms with van der Waals surface area (Å²) in [6, 6.07) is 15.1. The van der Waals surface area contributed by atoms with E-state index in [1.807, 2.05) is 48.5 Å². The Labute approximate surface area is 219 Å². The van der Waals surface area contributed by atoms with Crippen LogP contribution in [-0.2, 0) is 14.3 Å². The molecule has 2 N–H and O–H groups in total. The molecule has 1 aliphatic heterocycles. The van der Waals surface area contributed by atoms with Gasteiger partial charge in [-0.15, -0.1) is 16.4 Å². The molecule has 4 aromatic rings. The average Bonchev–Trinajstić information content (AvgIpc) is 3.66. The minimum atomic E-state index is -0.163. The number of thiazole rings is 1. The SMILES string of the molecule is O=C(CSc1nc2ccc(NC(=O)CSc3nnnn3-c3ccccc3)cc2s1)NC[C@@H]1CCCO1. The van der Waals surface area contributed by atoms with Gasteiger partial charge in [0.2, 0.25) is 17.0 Å². The molecule has 2 amide bonds. The summed E-state index contributed by atoms with van der Waals surface area (Å²) in [5.41, 5.74) is 2.34. The maximum absolute atomic E-state index is 12.6. The fourth-order valence-electron chi connectivity index (χ4n) is 3.58. The van der Waals surface area contributed by atoms with Crippen LogP contribution in [0.3, 0.4) is 0 Å². The quantitative estimate of drug-likeness (QED) is 0.291. The first-order chi connectivity index (χ1) is 17.6. The van der Waals surface area contributed by atoms with Crippen LogP contribution in [0.15, 0.2) is 58.0 Å². The number of nitrogens with one attached hydrogen (secondary N) is 2. The molecule has 5 rings (SSSR count). The Morgan fingerprint density at radius 2 is 1.97 bits per heavy atom. The van der Waals surface area contributed by atoms with Crippen molar-refractivity contribution in [3.63, 3.8) is 0 Å². The number of carbonyl (C=O) groups excluding carboxylic acids is 2. The number of benzene rings is 2. The third-order valence-electron chi connectivity index (χ3n) is 5.30. The molecule has 3 heterocycles. The van der Waals surface area contributed by atoms with E-state index in [1.165, 1.54) is 34.9 Å². The summed E-state index contributed by atoms with van der Waals surface area (Å²) in [5, 5.41) is 18.1. The first-order valence-electron chi connectivity index (χ1n) is 11.3. The van der Waals surface area contributed by atoms with Crippen molar-refractivity contribution in [1.82, 2.24) is 30.5 Å². The molecule has 2 aromatic heterocycles. The van der Waals surface area contributed by atoms with Crippen LogP contribution in [0.2, 0.25) is 0 Å². The zero-order valence-corrected chi connectivity index (χ0v) is 21.6. The van der Waals surface area contributed by atoms with E-state index in [4.69, 9.17) is 4.74 Å². The second-order valence-corrected chi connectivity index (χ2v) is 11.1. The average molecular weight is 542 g/mol. The molecular formula is C23H23N7O3S3. The maximum atomic E-state index is 12.6. The number of fused-ring (bicyclic) bond motifs is 1. The number of hydrogen-bond donors (Lipinski definition) is 2. The van der Waals surface area contributed by atoms with E-state index in [1.54, 1.807) is 4.68 Å².